The molecule has 0 aliphatic heterocycles. The molecule has 0 aromatic rings. The highest BCUT2D eigenvalue weighted by Gasteiger charge is 2.67. The van der Waals surface area contributed by atoms with Crippen molar-refractivity contribution in [3.8, 4) is 0 Å². The summed E-state index contributed by atoms with van der Waals surface area (Å²) in [5, 5.41) is 0. The van der Waals surface area contributed by atoms with E-state index in [4.69, 9.17) is 4.74 Å². The van der Waals surface area contributed by atoms with Crippen molar-refractivity contribution < 1.29 is 19.1 Å². The molecular formula is C25H36O4. The second kappa shape index (κ2) is 6.78. The number of Topliss-reactive ketones (excluding diaryl/α,β-unsaturated/α-hetero) is 1. The predicted molar refractivity (Wildman–Crippen MR) is 111 cm³/mol. The van der Waals surface area contributed by atoms with E-state index in [1.807, 2.05) is 6.08 Å². The highest BCUT2D eigenvalue weighted by molar-refractivity contribution is 5.91. The van der Waals surface area contributed by atoms with Gasteiger partial charge in [0, 0.05) is 24.7 Å². The number of ketones is 2. The van der Waals surface area contributed by atoms with Crippen molar-refractivity contribution >= 4 is 17.5 Å². The number of fused-ring (bicyclic) bond motifs is 5. The molecule has 0 unspecified atom stereocenters. The van der Waals surface area contributed by atoms with Crippen molar-refractivity contribution in [2.75, 3.05) is 0 Å². The molecule has 0 bridgehead atoms. The topological polar surface area (TPSA) is 60.4 Å². The minimum atomic E-state index is -1.01. The summed E-state index contributed by atoms with van der Waals surface area (Å²) in [6, 6.07) is 0. The van der Waals surface area contributed by atoms with Crippen molar-refractivity contribution in [2.45, 2.75) is 91.6 Å². The Bertz CT molecular complexity index is 782. The van der Waals surface area contributed by atoms with Crippen molar-refractivity contribution in [3.63, 3.8) is 0 Å². The van der Waals surface area contributed by atoms with Crippen molar-refractivity contribution in [1.29, 1.82) is 0 Å². The molecule has 0 amide bonds. The summed E-state index contributed by atoms with van der Waals surface area (Å²) in [4.78, 5) is 37.2. The van der Waals surface area contributed by atoms with Gasteiger partial charge in [-0.2, -0.15) is 0 Å². The van der Waals surface area contributed by atoms with Gasteiger partial charge in [0.25, 0.3) is 0 Å². The molecule has 4 aliphatic carbocycles. The highest BCUT2D eigenvalue weighted by atomic mass is 16.6. The van der Waals surface area contributed by atoms with Crippen LogP contribution in [0.4, 0.5) is 0 Å². The molecule has 0 saturated heterocycles. The van der Waals surface area contributed by atoms with E-state index in [0.29, 0.717) is 24.2 Å². The molecule has 0 N–H and O–H groups in total. The van der Waals surface area contributed by atoms with Crippen LogP contribution >= 0.6 is 0 Å². The molecule has 0 spiro atoms. The largest absolute Gasteiger partial charge is 0.450 e. The molecule has 0 aromatic carbocycles. The number of rotatable bonds is 2. The molecule has 0 heterocycles. The minimum absolute atomic E-state index is 0.0109. The summed E-state index contributed by atoms with van der Waals surface area (Å²) in [6.45, 7) is 9.75. The molecule has 29 heavy (non-hydrogen) atoms. The maximum Gasteiger partial charge on any atom is 0.303 e. The van der Waals surface area contributed by atoms with Crippen LogP contribution in [0.25, 0.3) is 0 Å². The van der Waals surface area contributed by atoms with Crippen LogP contribution in [0.15, 0.2) is 11.6 Å². The van der Waals surface area contributed by atoms with Crippen LogP contribution in [-0.2, 0) is 19.1 Å². The van der Waals surface area contributed by atoms with Gasteiger partial charge >= 0.3 is 5.97 Å². The average Bonchev–Trinajstić information content (AvgIpc) is 2.64. The fourth-order valence-corrected chi connectivity index (χ4v) is 8.33. The molecule has 0 aromatic heterocycles. The smallest absolute Gasteiger partial charge is 0.303 e. The zero-order valence-electron chi connectivity index (χ0n) is 18.7. The summed E-state index contributed by atoms with van der Waals surface area (Å²) < 4.78 is 6.01. The van der Waals surface area contributed by atoms with Crippen LogP contribution in [0, 0.1) is 34.5 Å². The molecule has 3 fully saturated rings. The third kappa shape index (κ3) is 2.73. The van der Waals surface area contributed by atoms with Crippen LogP contribution in [0.5, 0.6) is 0 Å². The zero-order chi connectivity index (χ0) is 21.2. The van der Waals surface area contributed by atoms with E-state index in [0.717, 1.165) is 44.9 Å². The van der Waals surface area contributed by atoms with Gasteiger partial charge in [-0.25, -0.2) is 0 Å². The Morgan fingerprint density at radius 3 is 2.38 bits per heavy atom. The number of carbonyl (C=O) groups is 3. The molecule has 4 nitrogen and oxygen atoms in total. The van der Waals surface area contributed by atoms with E-state index in [-0.39, 0.29) is 34.3 Å². The lowest BCUT2D eigenvalue weighted by Crippen LogP contribution is -2.67. The van der Waals surface area contributed by atoms with E-state index in [1.54, 1.807) is 6.92 Å². The van der Waals surface area contributed by atoms with Crippen molar-refractivity contribution in [1.82, 2.24) is 0 Å². The number of esters is 1. The summed E-state index contributed by atoms with van der Waals surface area (Å²) in [7, 11) is 0. The summed E-state index contributed by atoms with van der Waals surface area (Å²) in [6.07, 6.45) is 9.61. The molecule has 7 atom stereocenters. The second-order valence-electron chi connectivity index (χ2n) is 10.8. The van der Waals surface area contributed by atoms with Gasteiger partial charge in [0.15, 0.2) is 17.2 Å². The van der Waals surface area contributed by atoms with E-state index in [2.05, 4.69) is 20.8 Å². The van der Waals surface area contributed by atoms with Gasteiger partial charge in [-0.3, -0.25) is 14.4 Å². The zero-order valence-corrected chi connectivity index (χ0v) is 18.7. The van der Waals surface area contributed by atoms with Gasteiger partial charge in [0.05, 0.1) is 0 Å². The van der Waals surface area contributed by atoms with Gasteiger partial charge in [-0.05, 0) is 81.1 Å². The normalized spacial score (nSPS) is 46.7. The van der Waals surface area contributed by atoms with Gasteiger partial charge in [0.1, 0.15) is 0 Å². The van der Waals surface area contributed by atoms with E-state index in [9.17, 15) is 14.4 Å². The van der Waals surface area contributed by atoms with Crippen LogP contribution < -0.4 is 0 Å². The lowest BCUT2D eigenvalue weighted by atomic mass is 9.40. The second-order valence-corrected chi connectivity index (χ2v) is 10.8. The lowest BCUT2D eigenvalue weighted by Gasteiger charge is -2.65. The maximum absolute atomic E-state index is 13.1. The Labute approximate surface area is 174 Å². The summed E-state index contributed by atoms with van der Waals surface area (Å²) in [5.41, 5.74) is 0.153. The molecule has 0 radical (unpaired) electrons. The molecule has 3 saturated carbocycles. The Hall–Kier alpha value is -1.45. The van der Waals surface area contributed by atoms with Crippen LogP contribution in [0.3, 0.4) is 0 Å². The molecule has 4 aliphatic rings. The first-order valence-corrected chi connectivity index (χ1v) is 11.5. The summed E-state index contributed by atoms with van der Waals surface area (Å²) in [5.74, 6) is 1.48. The molecule has 4 heteroatoms. The quantitative estimate of drug-likeness (QED) is 0.609. The number of carbonyl (C=O) groups excluding carboxylic acids is 3. The first kappa shape index (κ1) is 20.8. The van der Waals surface area contributed by atoms with E-state index < -0.39 is 5.60 Å². The standard InChI is InChI=1S/C25H36O4/c1-15-6-9-22-20-8-7-18-14-19(28)10-12-23(18,4)21(20)11-13-24(22,5)25(15,16(2)26)29-17(3)27/h14-15,20-22H,6-13H2,1-5H3/t15-,20-,21+,22+,23+,24+,25-/m1/s1. The van der Waals surface area contributed by atoms with Crippen LogP contribution in [0.1, 0.15) is 86.0 Å². The number of ether oxygens (including phenoxy) is 1. The fraction of sp³-hybridized carbons (Fsp3) is 0.800. The van der Waals surface area contributed by atoms with E-state index >= 15 is 0 Å². The predicted octanol–water partition coefficient (Wildman–Crippen LogP) is 5.05. The average molecular weight is 401 g/mol. The third-order valence-corrected chi connectivity index (χ3v) is 9.63. The molecular weight excluding hydrogens is 364 g/mol. The number of hydrogen-bond acceptors (Lipinski definition) is 4. The Balaban J connectivity index is 1.75. The van der Waals surface area contributed by atoms with Crippen LogP contribution in [0.2, 0.25) is 0 Å². The van der Waals surface area contributed by atoms with E-state index in [1.165, 1.54) is 12.5 Å². The molecule has 4 rings (SSSR count). The third-order valence-electron chi connectivity index (χ3n) is 9.63. The lowest BCUT2D eigenvalue weighted by molar-refractivity contribution is -0.227. The van der Waals surface area contributed by atoms with Gasteiger partial charge in [0.2, 0.25) is 0 Å². The van der Waals surface area contributed by atoms with Crippen LogP contribution in [-0.4, -0.2) is 23.1 Å². The van der Waals surface area contributed by atoms with Gasteiger partial charge in [-0.1, -0.05) is 26.3 Å². The van der Waals surface area contributed by atoms with Crippen molar-refractivity contribution in [2.24, 2.45) is 34.5 Å². The SMILES string of the molecule is CC(=O)O[C@@]1(C(C)=O)[C@H](C)CC[C@H]2[C@@H]3CCC4=CC(=O)CC[C@]4(C)[C@H]3CC[C@@]21C. The monoisotopic (exact) mass is 400 g/mol. The van der Waals surface area contributed by atoms with Gasteiger partial charge < -0.3 is 4.74 Å². The summed E-state index contributed by atoms with van der Waals surface area (Å²) >= 11 is 0. The first-order chi connectivity index (χ1) is 13.6. The number of hydrogen-bond donors (Lipinski definition) is 0. The Morgan fingerprint density at radius 1 is 1.00 bits per heavy atom. The maximum atomic E-state index is 13.1. The highest BCUT2D eigenvalue weighted by Crippen LogP contribution is 2.67. The molecule has 160 valence electrons. The minimum Gasteiger partial charge on any atom is -0.450 e. The first-order valence-electron chi connectivity index (χ1n) is 11.5. The van der Waals surface area contributed by atoms with Crippen molar-refractivity contribution in [3.05, 3.63) is 11.6 Å². The Morgan fingerprint density at radius 2 is 1.72 bits per heavy atom. The van der Waals surface area contributed by atoms with Gasteiger partial charge in [-0.15, -0.1) is 0 Å². The Kier molecular flexibility index (Phi) is 4.87. The number of allylic oxidation sites excluding steroid dienone is 2. The fourth-order valence-electron chi connectivity index (χ4n) is 8.33.